The summed E-state index contributed by atoms with van der Waals surface area (Å²) < 4.78 is 12.4. The molecule has 3 rings (SSSR count). The molecule has 2 N–H and O–H groups in total. The van der Waals surface area contributed by atoms with Gasteiger partial charge < -0.3 is 29.7 Å². The Balaban J connectivity index is 2.00. The van der Waals surface area contributed by atoms with Gasteiger partial charge in [0.05, 0.1) is 37.1 Å². The maximum absolute atomic E-state index is 14.9. The topological polar surface area (TPSA) is 125 Å². The number of allylic oxidation sites excluding steroid dienone is 1. The van der Waals surface area contributed by atoms with Crippen LogP contribution < -0.4 is 5.32 Å². The van der Waals surface area contributed by atoms with Crippen LogP contribution in [-0.2, 0) is 28.7 Å². The highest BCUT2D eigenvalue weighted by atomic mass is 16.6. The quantitative estimate of drug-likeness (QED) is 0.195. The molecule has 0 radical (unpaired) electrons. The fourth-order valence-corrected chi connectivity index (χ4v) is 8.01. The maximum Gasteiger partial charge on any atom is 0.312 e. The lowest BCUT2D eigenvalue weighted by Gasteiger charge is -2.47. The molecular weight excluding hydrogens is 574 g/mol. The molecule has 3 aliphatic rings. The minimum Gasteiger partial charge on any atom is -0.460 e. The number of esters is 1. The summed E-state index contributed by atoms with van der Waals surface area (Å²) in [6.07, 6.45) is 5.35. The van der Waals surface area contributed by atoms with Crippen LogP contribution in [0.5, 0.6) is 0 Å². The van der Waals surface area contributed by atoms with Crippen molar-refractivity contribution in [3.8, 4) is 0 Å². The van der Waals surface area contributed by atoms with Crippen molar-refractivity contribution in [1.82, 2.24) is 15.1 Å². The Bertz CT molecular complexity index is 1130. The van der Waals surface area contributed by atoms with Gasteiger partial charge in [-0.2, -0.15) is 0 Å². The molecule has 0 aromatic rings. The normalized spacial score (nSPS) is 27.8. The summed E-state index contributed by atoms with van der Waals surface area (Å²) in [4.78, 5) is 58.6. The van der Waals surface area contributed by atoms with Crippen LogP contribution in [0, 0.1) is 23.2 Å². The number of hydrogen-bond donors (Lipinski definition) is 2. The van der Waals surface area contributed by atoms with Gasteiger partial charge >= 0.3 is 5.97 Å². The van der Waals surface area contributed by atoms with Gasteiger partial charge in [0, 0.05) is 18.5 Å². The number of carbonyl (C=O) groups excluding carboxylic acids is 4. The van der Waals surface area contributed by atoms with E-state index in [0.29, 0.717) is 38.5 Å². The second-order valence-corrected chi connectivity index (χ2v) is 15.1. The zero-order valence-corrected chi connectivity index (χ0v) is 28.8. The third-order valence-corrected chi connectivity index (χ3v) is 9.84. The average molecular weight is 632 g/mol. The van der Waals surface area contributed by atoms with Crippen molar-refractivity contribution in [3.63, 3.8) is 0 Å². The van der Waals surface area contributed by atoms with Gasteiger partial charge in [-0.15, -0.1) is 13.2 Å². The van der Waals surface area contributed by atoms with E-state index in [1.807, 2.05) is 27.7 Å². The number of amides is 3. The summed E-state index contributed by atoms with van der Waals surface area (Å²) >= 11 is 0. The molecule has 8 atom stereocenters. The van der Waals surface area contributed by atoms with E-state index in [1.54, 1.807) is 28.9 Å². The van der Waals surface area contributed by atoms with Gasteiger partial charge in [0.2, 0.25) is 17.7 Å². The lowest BCUT2D eigenvalue weighted by molar-refractivity contribution is -0.161. The number of hydrogen-bond acceptors (Lipinski definition) is 7. The second kappa shape index (κ2) is 14.4. The van der Waals surface area contributed by atoms with Crippen molar-refractivity contribution in [3.05, 3.63) is 25.3 Å². The van der Waals surface area contributed by atoms with Crippen LogP contribution in [0.3, 0.4) is 0 Å². The van der Waals surface area contributed by atoms with E-state index < -0.39 is 53.2 Å². The SMILES string of the molecule is C=CCCC(=O)NC[C@@H](C)OC(=O)[C@@H]1[C@@H]2CC[C@]3(O2)[C@H](C(=O)N(CC=C)C(C)(C)CC(C)(C)C)N([C@@H](CO)[C@@H](C)CC)C(=O)[C@@H]13. The number of ether oxygens (including phenoxy) is 2. The third-order valence-electron chi connectivity index (χ3n) is 9.84. The molecule has 10 heteroatoms. The van der Waals surface area contributed by atoms with Crippen LogP contribution >= 0.6 is 0 Å². The van der Waals surface area contributed by atoms with E-state index in [-0.39, 0.29) is 48.8 Å². The number of carbonyl (C=O) groups is 4. The van der Waals surface area contributed by atoms with Gasteiger partial charge in [-0.25, -0.2) is 0 Å². The highest BCUT2D eigenvalue weighted by Crippen LogP contribution is 2.59. The first kappa shape index (κ1) is 36.7. The number of aliphatic hydroxyl groups excluding tert-OH is 1. The van der Waals surface area contributed by atoms with Crippen molar-refractivity contribution >= 4 is 23.7 Å². The molecular formula is C35H57N3O7. The first-order valence-electron chi connectivity index (χ1n) is 16.6. The van der Waals surface area contributed by atoms with E-state index in [1.165, 1.54) is 0 Å². The van der Waals surface area contributed by atoms with Crippen LogP contribution in [0.2, 0.25) is 0 Å². The molecule has 0 aromatic carbocycles. The fraction of sp³-hybridized carbons (Fsp3) is 0.771. The first-order chi connectivity index (χ1) is 21.0. The second-order valence-electron chi connectivity index (χ2n) is 15.1. The average Bonchev–Trinajstić information content (AvgIpc) is 3.59. The highest BCUT2D eigenvalue weighted by molar-refractivity contribution is 5.98. The van der Waals surface area contributed by atoms with Crippen molar-refractivity contribution in [2.75, 3.05) is 19.7 Å². The van der Waals surface area contributed by atoms with Gasteiger partial charge in [-0.1, -0.05) is 53.2 Å². The van der Waals surface area contributed by atoms with Crippen molar-refractivity contribution in [2.24, 2.45) is 23.2 Å². The molecule has 2 bridgehead atoms. The van der Waals surface area contributed by atoms with Crippen LogP contribution in [0.25, 0.3) is 0 Å². The predicted octanol–water partition coefficient (Wildman–Crippen LogP) is 4.01. The Morgan fingerprint density at radius 2 is 1.87 bits per heavy atom. The van der Waals surface area contributed by atoms with Gasteiger partial charge in [0.1, 0.15) is 17.7 Å². The molecule has 254 valence electrons. The number of rotatable bonds is 16. The van der Waals surface area contributed by atoms with E-state index in [9.17, 15) is 24.3 Å². The Morgan fingerprint density at radius 3 is 2.42 bits per heavy atom. The smallest absolute Gasteiger partial charge is 0.312 e. The van der Waals surface area contributed by atoms with Gasteiger partial charge in [0.25, 0.3) is 0 Å². The van der Waals surface area contributed by atoms with Crippen molar-refractivity contribution in [1.29, 1.82) is 0 Å². The van der Waals surface area contributed by atoms with Crippen LogP contribution in [0.15, 0.2) is 25.3 Å². The number of fused-ring (bicyclic) bond motifs is 1. The minimum atomic E-state index is -1.22. The summed E-state index contributed by atoms with van der Waals surface area (Å²) in [5.74, 6) is -3.25. The number of aliphatic hydroxyl groups is 1. The van der Waals surface area contributed by atoms with Gasteiger partial charge in [-0.05, 0) is 57.8 Å². The summed E-state index contributed by atoms with van der Waals surface area (Å²) in [6, 6.07) is -1.64. The van der Waals surface area contributed by atoms with E-state index >= 15 is 0 Å². The van der Waals surface area contributed by atoms with Gasteiger partial charge in [0.15, 0.2) is 0 Å². The summed E-state index contributed by atoms with van der Waals surface area (Å²) in [5, 5.41) is 13.4. The highest BCUT2D eigenvalue weighted by Gasteiger charge is 2.76. The van der Waals surface area contributed by atoms with E-state index in [2.05, 4.69) is 39.2 Å². The number of nitrogens with zero attached hydrogens (tertiary/aromatic N) is 2. The first-order valence-corrected chi connectivity index (χ1v) is 16.6. The maximum atomic E-state index is 14.9. The van der Waals surface area contributed by atoms with Gasteiger partial charge in [-0.3, -0.25) is 19.2 Å². The molecule has 0 aromatic heterocycles. The van der Waals surface area contributed by atoms with Crippen molar-refractivity contribution < 1.29 is 33.8 Å². The molecule has 3 heterocycles. The van der Waals surface area contributed by atoms with Crippen molar-refractivity contribution in [2.45, 2.75) is 129 Å². The third kappa shape index (κ3) is 7.48. The van der Waals surface area contributed by atoms with Crippen LogP contribution in [-0.4, -0.2) is 93.7 Å². The molecule has 45 heavy (non-hydrogen) atoms. The fourth-order valence-electron chi connectivity index (χ4n) is 8.01. The predicted molar refractivity (Wildman–Crippen MR) is 173 cm³/mol. The standard InChI is InChI=1S/C35H57N3O7/c1-11-14-15-26(40)36-19-23(5)44-32(43)27-25-16-17-35(45-25)28(27)30(41)38(24(20-39)22(4)13-3)29(35)31(42)37(18-12-2)34(9,10)21-33(6,7)8/h11-12,22-25,27-29,39H,1-2,13-21H2,3-10H3,(H,36,40)/t22-,23+,24-,25-,27+,28+,29-,35+/m0/s1. The summed E-state index contributed by atoms with van der Waals surface area (Å²) in [7, 11) is 0. The van der Waals surface area contributed by atoms with E-state index in [0.717, 1.165) is 0 Å². The Hall–Kier alpha value is -2.72. The zero-order chi connectivity index (χ0) is 33.9. The molecule has 0 unspecified atom stereocenters. The minimum absolute atomic E-state index is 0.0848. The Morgan fingerprint density at radius 1 is 1.20 bits per heavy atom. The lowest BCUT2D eigenvalue weighted by Crippen LogP contribution is -2.63. The monoisotopic (exact) mass is 631 g/mol. The van der Waals surface area contributed by atoms with E-state index in [4.69, 9.17) is 9.47 Å². The number of nitrogens with one attached hydrogen (secondary N) is 1. The largest absolute Gasteiger partial charge is 0.460 e. The van der Waals surface area contributed by atoms with Crippen LogP contribution in [0.4, 0.5) is 0 Å². The summed E-state index contributed by atoms with van der Waals surface area (Å²) in [6.45, 7) is 23.7. The Labute approximate surface area is 269 Å². The molecule has 0 aliphatic carbocycles. The summed E-state index contributed by atoms with van der Waals surface area (Å²) in [5.41, 5.74) is -1.89. The molecule has 3 fully saturated rings. The molecule has 3 saturated heterocycles. The molecule has 0 saturated carbocycles. The zero-order valence-electron chi connectivity index (χ0n) is 28.8. The number of likely N-dealkylation sites (tertiary alicyclic amines) is 1. The van der Waals surface area contributed by atoms with Crippen LogP contribution in [0.1, 0.15) is 93.9 Å². The Kier molecular flexibility index (Phi) is 11.7. The molecule has 3 amide bonds. The molecule has 3 aliphatic heterocycles. The lowest BCUT2D eigenvalue weighted by atomic mass is 9.70. The molecule has 10 nitrogen and oxygen atoms in total. The molecule has 1 spiro atoms.